The van der Waals surface area contributed by atoms with Crippen molar-refractivity contribution < 1.29 is 42.5 Å². The number of carboxylic acid groups (broad SMARTS) is 1. The van der Waals surface area contributed by atoms with Crippen molar-refractivity contribution >= 4 is 11.9 Å². The summed E-state index contributed by atoms with van der Waals surface area (Å²) >= 11 is 0. The predicted molar refractivity (Wildman–Crippen MR) is 58.0 cm³/mol. The molecule has 0 spiro atoms. The van der Waals surface area contributed by atoms with Gasteiger partial charge in [0.05, 0.1) is 18.1 Å². The number of amides is 1. The average Bonchev–Trinajstić information content (AvgIpc) is 2.35. The van der Waals surface area contributed by atoms with Crippen molar-refractivity contribution in [2.75, 3.05) is 0 Å². The van der Waals surface area contributed by atoms with Crippen LogP contribution in [-0.2, 0) is 4.79 Å². The number of hydrogen-bond acceptors (Lipinski definition) is 4. The fourth-order valence-corrected chi connectivity index (χ4v) is 1.61. The largest absolute Gasteiger partial charge is 0.477 e. The Kier molecular flexibility index (Phi) is 4.86. The molecule has 2 atom stereocenters. The standard InChI is InChI=1S/C11H9F4NO5/c12-6-4(10(19)2(17)1-3(16)18)7(13)9(15)5(8(6)14)11(20)21/h2,10,17,19H,1H2,(H2,16,18)(H,20,21). The molecule has 0 aliphatic heterocycles. The Morgan fingerprint density at radius 2 is 1.43 bits per heavy atom. The fourth-order valence-electron chi connectivity index (χ4n) is 1.61. The second kappa shape index (κ2) is 6.06. The van der Waals surface area contributed by atoms with E-state index < -0.39 is 64.9 Å². The van der Waals surface area contributed by atoms with Crippen LogP contribution in [-0.4, -0.2) is 33.3 Å². The van der Waals surface area contributed by atoms with Gasteiger partial charge in [0.1, 0.15) is 11.7 Å². The molecule has 10 heteroatoms. The molecule has 0 aromatic heterocycles. The van der Waals surface area contributed by atoms with Crippen LogP contribution in [0.3, 0.4) is 0 Å². The maximum atomic E-state index is 13.6. The molecule has 1 aromatic rings. The average molecular weight is 311 g/mol. The molecule has 0 saturated carbocycles. The second-order valence-corrected chi connectivity index (χ2v) is 4.03. The molecule has 21 heavy (non-hydrogen) atoms. The molecule has 5 N–H and O–H groups in total. The fraction of sp³-hybridized carbons (Fsp3) is 0.273. The van der Waals surface area contributed by atoms with Gasteiger partial charge in [0.2, 0.25) is 5.91 Å². The quantitative estimate of drug-likeness (QED) is 0.457. The Hall–Kier alpha value is -2.20. The van der Waals surface area contributed by atoms with Gasteiger partial charge >= 0.3 is 5.97 Å². The first kappa shape index (κ1) is 16.9. The smallest absolute Gasteiger partial charge is 0.341 e. The molecule has 2 unspecified atom stereocenters. The number of carbonyl (C=O) groups excluding carboxylic acids is 1. The number of aliphatic hydroxyl groups is 2. The lowest BCUT2D eigenvalue weighted by molar-refractivity contribution is -0.121. The summed E-state index contributed by atoms with van der Waals surface area (Å²) in [6, 6.07) is 0. The molecular weight excluding hydrogens is 302 g/mol. The number of carboxylic acids is 1. The Labute approximate surface area is 114 Å². The van der Waals surface area contributed by atoms with E-state index in [0.717, 1.165) is 0 Å². The molecule has 0 aliphatic carbocycles. The number of carbonyl (C=O) groups is 2. The van der Waals surface area contributed by atoms with E-state index >= 15 is 0 Å². The summed E-state index contributed by atoms with van der Waals surface area (Å²) in [7, 11) is 0. The van der Waals surface area contributed by atoms with Gasteiger partial charge in [0.25, 0.3) is 0 Å². The third-order valence-corrected chi connectivity index (χ3v) is 2.58. The highest BCUT2D eigenvalue weighted by Gasteiger charge is 2.34. The third kappa shape index (κ3) is 3.11. The number of rotatable bonds is 5. The number of aliphatic hydroxyl groups excluding tert-OH is 2. The summed E-state index contributed by atoms with van der Waals surface area (Å²) in [4.78, 5) is 21.1. The number of benzene rings is 1. The zero-order chi connectivity index (χ0) is 16.5. The van der Waals surface area contributed by atoms with Gasteiger partial charge in [-0.2, -0.15) is 0 Å². The monoisotopic (exact) mass is 311 g/mol. The van der Waals surface area contributed by atoms with Gasteiger partial charge in [-0.25, -0.2) is 22.4 Å². The number of halogens is 4. The number of nitrogens with two attached hydrogens (primary N) is 1. The normalized spacial score (nSPS) is 13.8. The minimum atomic E-state index is -2.52. The van der Waals surface area contributed by atoms with Crippen LogP contribution in [0, 0.1) is 23.3 Å². The number of hydrogen-bond donors (Lipinski definition) is 4. The van der Waals surface area contributed by atoms with Gasteiger partial charge in [0, 0.05) is 0 Å². The highest BCUT2D eigenvalue weighted by molar-refractivity contribution is 5.88. The van der Waals surface area contributed by atoms with Gasteiger partial charge in [-0.1, -0.05) is 0 Å². The van der Waals surface area contributed by atoms with Gasteiger partial charge in [-0.3, -0.25) is 4.79 Å². The predicted octanol–water partition coefficient (Wildman–Crippen LogP) is 0.211. The van der Waals surface area contributed by atoms with Crippen LogP contribution < -0.4 is 5.73 Å². The van der Waals surface area contributed by atoms with E-state index in [1.54, 1.807) is 0 Å². The molecule has 0 radical (unpaired) electrons. The van der Waals surface area contributed by atoms with E-state index in [9.17, 15) is 37.4 Å². The van der Waals surface area contributed by atoms with Gasteiger partial charge in [-0.05, 0) is 0 Å². The highest BCUT2D eigenvalue weighted by atomic mass is 19.2. The van der Waals surface area contributed by atoms with E-state index in [0.29, 0.717) is 0 Å². The molecule has 1 amide bonds. The summed E-state index contributed by atoms with van der Waals surface area (Å²) in [5, 5.41) is 27.2. The van der Waals surface area contributed by atoms with E-state index in [4.69, 9.17) is 5.11 Å². The minimum absolute atomic E-state index is 0.941. The van der Waals surface area contributed by atoms with Crippen LogP contribution in [0.1, 0.15) is 28.4 Å². The first-order valence-electron chi connectivity index (χ1n) is 5.33. The summed E-state index contributed by atoms with van der Waals surface area (Å²) in [6.07, 6.45) is -5.60. The van der Waals surface area contributed by atoms with Crippen LogP contribution in [0.15, 0.2) is 0 Å². The topological polar surface area (TPSA) is 121 Å². The van der Waals surface area contributed by atoms with Crippen LogP contribution >= 0.6 is 0 Å². The van der Waals surface area contributed by atoms with Crippen molar-refractivity contribution in [1.29, 1.82) is 0 Å². The van der Waals surface area contributed by atoms with Crippen molar-refractivity contribution in [3.05, 3.63) is 34.4 Å². The molecule has 116 valence electrons. The summed E-state index contributed by atoms with van der Waals surface area (Å²) in [6.45, 7) is 0. The zero-order valence-electron chi connectivity index (χ0n) is 10.1. The first-order chi connectivity index (χ1) is 9.59. The Bertz CT molecular complexity index is 578. The molecular formula is C11H9F4NO5. The van der Waals surface area contributed by atoms with Gasteiger partial charge < -0.3 is 21.1 Å². The second-order valence-electron chi connectivity index (χ2n) is 4.03. The van der Waals surface area contributed by atoms with E-state index in [-0.39, 0.29) is 0 Å². The maximum absolute atomic E-state index is 13.6. The molecule has 1 rings (SSSR count). The number of primary amides is 1. The first-order valence-corrected chi connectivity index (χ1v) is 5.33. The lowest BCUT2D eigenvalue weighted by Crippen LogP contribution is -2.28. The van der Waals surface area contributed by atoms with Crippen LogP contribution in [0.4, 0.5) is 17.6 Å². The van der Waals surface area contributed by atoms with Crippen molar-refractivity contribution in [3.8, 4) is 0 Å². The van der Waals surface area contributed by atoms with Crippen molar-refractivity contribution in [3.63, 3.8) is 0 Å². The highest BCUT2D eigenvalue weighted by Crippen LogP contribution is 2.30. The molecule has 6 nitrogen and oxygen atoms in total. The molecule has 0 bridgehead atoms. The van der Waals surface area contributed by atoms with Crippen molar-refractivity contribution in [1.82, 2.24) is 0 Å². The lowest BCUT2D eigenvalue weighted by atomic mass is 9.98. The van der Waals surface area contributed by atoms with Gasteiger partial charge in [-0.15, -0.1) is 0 Å². The molecule has 0 aliphatic rings. The molecule has 1 aromatic carbocycles. The maximum Gasteiger partial charge on any atom is 0.341 e. The van der Waals surface area contributed by atoms with Crippen LogP contribution in [0.5, 0.6) is 0 Å². The van der Waals surface area contributed by atoms with Crippen molar-refractivity contribution in [2.24, 2.45) is 5.73 Å². The van der Waals surface area contributed by atoms with Crippen LogP contribution in [0.25, 0.3) is 0 Å². The third-order valence-electron chi connectivity index (χ3n) is 2.58. The minimum Gasteiger partial charge on any atom is -0.477 e. The van der Waals surface area contributed by atoms with E-state index in [1.807, 2.05) is 0 Å². The van der Waals surface area contributed by atoms with E-state index in [1.165, 1.54) is 0 Å². The van der Waals surface area contributed by atoms with Gasteiger partial charge in [0.15, 0.2) is 23.3 Å². The van der Waals surface area contributed by atoms with Crippen molar-refractivity contribution in [2.45, 2.75) is 18.6 Å². The summed E-state index contributed by atoms with van der Waals surface area (Å²) in [5.74, 6) is -12.3. The number of aromatic carboxylic acids is 1. The van der Waals surface area contributed by atoms with Crippen LogP contribution in [0.2, 0.25) is 0 Å². The summed E-state index contributed by atoms with van der Waals surface area (Å²) < 4.78 is 53.9. The van der Waals surface area contributed by atoms with E-state index in [2.05, 4.69) is 5.73 Å². The Balaban J connectivity index is 3.45. The molecule has 0 fully saturated rings. The Morgan fingerprint density at radius 3 is 1.76 bits per heavy atom. The summed E-state index contributed by atoms with van der Waals surface area (Å²) in [5.41, 5.74) is 1.17. The molecule has 0 heterocycles. The SMILES string of the molecule is NC(=O)CC(O)C(O)c1c(F)c(F)c(C(=O)O)c(F)c1F. The Morgan fingerprint density at radius 1 is 1.00 bits per heavy atom. The lowest BCUT2D eigenvalue weighted by Gasteiger charge is -2.19. The molecule has 0 saturated heterocycles. The zero-order valence-corrected chi connectivity index (χ0v) is 10.1.